The lowest BCUT2D eigenvalue weighted by atomic mass is 10.00. The molecule has 0 aromatic carbocycles. The maximum Gasteiger partial charge on any atom is 0.0644 e. The molecular formula is C14H19BrN4. The molecular weight excluding hydrogens is 304 g/mol. The fraction of sp³-hybridized carbons (Fsp3) is 0.429. The molecule has 1 atom stereocenters. The molecule has 1 N–H and O–H groups in total. The van der Waals surface area contributed by atoms with Crippen molar-refractivity contribution >= 4 is 15.9 Å². The predicted molar refractivity (Wildman–Crippen MR) is 80.1 cm³/mol. The SMILES string of the molecule is CNC(Cc1ccc(Br)cn1)c1c(C)nn(C)c1C. The van der Waals surface area contributed by atoms with Crippen molar-refractivity contribution in [3.05, 3.63) is 45.4 Å². The number of hydrogen-bond donors (Lipinski definition) is 1. The Hall–Kier alpha value is -1.20. The van der Waals surface area contributed by atoms with Gasteiger partial charge < -0.3 is 5.32 Å². The molecule has 0 aliphatic heterocycles. The van der Waals surface area contributed by atoms with Crippen LogP contribution < -0.4 is 5.32 Å². The molecule has 0 aliphatic carbocycles. The molecule has 0 spiro atoms. The first kappa shape index (κ1) is 14.2. The minimum atomic E-state index is 0.238. The summed E-state index contributed by atoms with van der Waals surface area (Å²) in [6.45, 7) is 4.16. The van der Waals surface area contributed by atoms with Crippen molar-refractivity contribution in [2.24, 2.45) is 7.05 Å². The lowest BCUT2D eigenvalue weighted by molar-refractivity contribution is 0.577. The van der Waals surface area contributed by atoms with Crippen LogP contribution in [0.3, 0.4) is 0 Å². The van der Waals surface area contributed by atoms with E-state index in [9.17, 15) is 0 Å². The molecule has 2 aromatic rings. The highest BCUT2D eigenvalue weighted by Gasteiger charge is 2.19. The second-order valence-corrected chi connectivity index (χ2v) is 5.64. The summed E-state index contributed by atoms with van der Waals surface area (Å²) < 4.78 is 2.94. The zero-order chi connectivity index (χ0) is 14.0. The molecule has 4 nitrogen and oxygen atoms in total. The summed E-state index contributed by atoms with van der Waals surface area (Å²) >= 11 is 3.41. The third-order valence-corrected chi connectivity index (χ3v) is 3.93. The Bertz CT molecular complexity index is 560. The number of hydrogen-bond acceptors (Lipinski definition) is 3. The molecule has 2 rings (SSSR count). The molecule has 5 heteroatoms. The van der Waals surface area contributed by atoms with Crippen LogP contribution in [0, 0.1) is 13.8 Å². The normalized spacial score (nSPS) is 12.7. The van der Waals surface area contributed by atoms with Gasteiger partial charge in [-0.05, 0) is 49.0 Å². The van der Waals surface area contributed by atoms with Crippen LogP contribution >= 0.6 is 15.9 Å². The van der Waals surface area contributed by atoms with Crippen molar-refractivity contribution in [1.82, 2.24) is 20.1 Å². The van der Waals surface area contributed by atoms with Crippen molar-refractivity contribution < 1.29 is 0 Å². The van der Waals surface area contributed by atoms with Gasteiger partial charge in [0.1, 0.15) is 0 Å². The second-order valence-electron chi connectivity index (χ2n) is 4.72. The van der Waals surface area contributed by atoms with E-state index in [1.54, 1.807) is 0 Å². The van der Waals surface area contributed by atoms with Crippen LogP contribution in [0.5, 0.6) is 0 Å². The fourth-order valence-corrected chi connectivity index (χ4v) is 2.61. The van der Waals surface area contributed by atoms with E-state index in [2.05, 4.69) is 51.2 Å². The van der Waals surface area contributed by atoms with Crippen LogP contribution in [0.1, 0.15) is 28.7 Å². The van der Waals surface area contributed by atoms with Gasteiger partial charge in [-0.1, -0.05) is 0 Å². The minimum Gasteiger partial charge on any atom is -0.313 e. The number of likely N-dealkylation sites (N-methyl/N-ethyl adjacent to an activating group) is 1. The van der Waals surface area contributed by atoms with E-state index in [0.717, 1.165) is 22.3 Å². The van der Waals surface area contributed by atoms with E-state index in [0.29, 0.717) is 0 Å². The fourth-order valence-electron chi connectivity index (χ4n) is 2.38. The number of nitrogens with zero attached hydrogens (tertiary/aromatic N) is 3. The molecule has 0 saturated carbocycles. The van der Waals surface area contributed by atoms with Gasteiger partial charge in [0.2, 0.25) is 0 Å². The highest BCUT2D eigenvalue weighted by Crippen LogP contribution is 2.24. The Morgan fingerprint density at radius 1 is 1.37 bits per heavy atom. The number of aromatic nitrogens is 3. The third kappa shape index (κ3) is 3.04. The standard InChI is InChI=1S/C14H19BrN4/c1-9-14(10(2)19(4)18-9)13(16-3)7-12-6-5-11(15)8-17-12/h5-6,8,13,16H,7H2,1-4H3. The van der Waals surface area contributed by atoms with E-state index in [-0.39, 0.29) is 6.04 Å². The summed E-state index contributed by atoms with van der Waals surface area (Å²) in [6, 6.07) is 4.32. The summed E-state index contributed by atoms with van der Waals surface area (Å²) in [5, 5.41) is 7.86. The number of pyridine rings is 1. The van der Waals surface area contributed by atoms with E-state index in [4.69, 9.17) is 0 Å². The second kappa shape index (κ2) is 5.84. The Labute approximate surface area is 122 Å². The lowest BCUT2D eigenvalue weighted by Crippen LogP contribution is -2.20. The number of aryl methyl sites for hydroxylation is 2. The van der Waals surface area contributed by atoms with Gasteiger partial charge in [0.25, 0.3) is 0 Å². The van der Waals surface area contributed by atoms with Crippen LogP contribution in [0.2, 0.25) is 0 Å². The van der Waals surface area contributed by atoms with Gasteiger partial charge in [-0.3, -0.25) is 9.67 Å². The molecule has 1 unspecified atom stereocenters. The van der Waals surface area contributed by atoms with Gasteiger partial charge in [-0.2, -0.15) is 5.10 Å². The average molecular weight is 323 g/mol. The monoisotopic (exact) mass is 322 g/mol. The first-order valence-electron chi connectivity index (χ1n) is 6.30. The predicted octanol–water partition coefficient (Wildman–Crippen LogP) is 2.70. The Morgan fingerprint density at radius 2 is 2.11 bits per heavy atom. The summed E-state index contributed by atoms with van der Waals surface area (Å²) in [5.41, 5.74) is 4.63. The number of nitrogens with one attached hydrogen (secondary N) is 1. The van der Waals surface area contributed by atoms with E-state index >= 15 is 0 Å². The largest absolute Gasteiger partial charge is 0.313 e. The maximum absolute atomic E-state index is 4.48. The van der Waals surface area contributed by atoms with Gasteiger partial charge in [0.15, 0.2) is 0 Å². The first-order valence-corrected chi connectivity index (χ1v) is 7.10. The minimum absolute atomic E-state index is 0.238. The molecule has 0 fully saturated rings. The molecule has 0 amide bonds. The van der Waals surface area contributed by atoms with E-state index < -0.39 is 0 Å². The zero-order valence-corrected chi connectivity index (χ0v) is 13.3. The Kier molecular flexibility index (Phi) is 4.37. The summed E-state index contributed by atoms with van der Waals surface area (Å²) in [5.74, 6) is 0. The van der Waals surface area contributed by atoms with E-state index in [1.165, 1.54) is 11.3 Å². The van der Waals surface area contributed by atoms with Crippen molar-refractivity contribution in [2.75, 3.05) is 7.05 Å². The molecule has 0 bridgehead atoms. The average Bonchev–Trinajstić information content (AvgIpc) is 2.63. The van der Waals surface area contributed by atoms with Crippen molar-refractivity contribution in [1.29, 1.82) is 0 Å². The highest BCUT2D eigenvalue weighted by atomic mass is 79.9. The van der Waals surface area contributed by atoms with Crippen LogP contribution in [0.25, 0.3) is 0 Å². The van der Waals surface area contributed by atoms with Gasteiger partial charge >= 0.3 is 0 Å². The first-order chi connectivity index (χ1) is 9.02. The maximum atomic E-state index is 4.48. The molecule has 2 aromatic heterocycles. The van der Waals surface area contributed by atoms with Crippen molar-refractivity contribution in [3.8, 4) is 0 Å². The smallest absolute Gasteiger partial charge is 0.0644 e. The molecule has 2 heterocycles. The van der Waals surface area contributed by atoms with Crippen LogP contribution in [0.15, 0.2) is 22.8 Å². The summed E-state index contributed by atoms with van der Waals surface area (Å²) in [7, 11) is 3.96. The van der Waals surface area contributed by atoms with Crippen molar-refractivity contribution in [2.45, 2.75) is 26.3 Å². The number of rotatable bonds is 4. The third-order valence-electron chi connectivity index (χ3n) is 3.46. The zero-order valence-electron chi connectivity index (χ0n) is 11.7. The lowest BCUT2D eigenvalue weighted by Gasteiger charge is -2.16. The topological polar surface area (TPSA) is 42.7 Å². The highest BCUT2D eigenvalue weighted by molar-refractivity contribution is 9.10. The van der Waals surface area contributed by atoms with Gasteiger partial charge in [0.05, 0.1) is 5.69 Å². The Balaban J connectivity index is 2.27. The Morgan fingerprint density at radius 3 is 2.58 bits per heavy atom. The van der Waals surface area contributed by atoms with Crippen molar-refractivity contribution in [3.63, 3.8) is 0 Å². The van der Waals surface area contributed by atoms with Crippen LogP contribution in [-0.2, 0) is 13.5 Å². The summed E-state index contributed by atoms with van der Waals surface area (Å²) in [6.07, 6.45) is 2.70. The van der Waals surface area contributed by atoms with E-state index in [1.807, 2.05) is 31.0 Å². The molecule has 0 saturated heterocycles. The summed E-state index contributed by atoms with van der Waals surface area (Å²) in [4.78, 5) is 4.44. The van der Waals surface area contributed by atoms with Gasteiger partial charge in [0, 0.05) is 47.1 Å². The van der Waals surface area contributed by atoms with Gasteiger partial charge in [-0.15, -0.1) is 0 Å². The van der Waals surface area contributed by atoms with Crippen LogP contribution in [-0.4, -0.2) is 21.8 Å². The van der Waals surface area contributed by atoms with Crippen LogP contribution in [0.4, 0.5) is 0 Å². The molecule has 0 radical (unpaired) electrons. The molecule has 102 valence electrons. The molecule has 0 aliphatic rings. The van der Waals surface area contributed by atoms with Gasteiger partial charge in [-0.25, -0.2) is 0 Å². The number of halogens is 1. The molecule has 19 heavy (non-hydrogen) atoms. The quantitative estimate of drug-likeness (QED) is 0.941.